The van der Waals surface area contributed by atoms with Crippen LogP contribution < -0.4 is 5.32 Å². The van der Waals surface area contributed by atoms with Crippen LogP contribution in [0.5, 0.6) is 0 Å². The zero-order chi connectivity index (χ0) is 15.0. The minimum absolute atomic E-state index is 0.0184. The molecule has 0 amide bonds. The van der Waals surface area contributed by atoms with Crippen LogP contribution in [0.25, 0.3) is 10.2 Å². The van der Waals surface area contributed by atoms with Crippen molar-refractivity contribution >= 4 is 48.3 Å². The van der Waals surface area contributed by atoms with E-state index in [0.29, 0.717) is 10.8 Å². The molecular formula is C14H8BrF3N2S. The average Bonchev–Trinajstić information content (AvgIpc) is 2.82. The van der Waals surface area contributed by atoms with E-state index in [2.05, 4.69) is 26.2 Å². The number of para-hydroxylation sites is 1. The highest BCUT2D eigenvalue weighted by Crippen LogP contribution is 2.37. The molecule has 3 rings (SSSR count). The van der Waals surface area contributed by atoms with E-state index in [4.69, 9.17) is 0 Å². The molecule has 1 heterocycles. The molecule has 0 atom stereocenters. The van der Waals surface area contributed by atoms with Gasteiger partial charge in [-0.2, -0.15) is 13.2 Å². The fraction of sp³-hybridized carbons (Fsp3) is 0.0714. The second-order valence-electron chi connectivity index (χ2n) is 4.30. The Kier molecular flexibility index (Phi) is 3.62. The Morgan fingerprint density at radius 2 is 1.86 bits per heavy atom. The summed E-state index contributed by atoms with van der Waals surface area (Å²) < 4.78 is 39.6. The maximum atomic E-state index is 12.9. The normalized spacial score (nSPS) is 11.8. The molecule has 1 N–H and O–H groups in total. The van der Waals surface area contributed by atoms with Gasteiger partial charge in [-0.05, 0) is 30.3 Å². The fourth-order valence-corrected chi connectivity index (χ4v) is 3.23. The minimum Gasteiger partial charge on any atom is -0.332 e. The van der Waals surface area contributed by atoms with E-state index >= 15 is 0 Å². The van der Waals surface area contributed by atoms with Gasteiger partial charge >= 0.3 is 6.18 Å². The number of hydrogen-bond donors (Lipinski definition) is 1. The van der Waals surface area contributed by atoms with Gasteiger partial charge in [0.05, 0.1) is 15.8 Å². The summed E-state index contributed by atoms with van der Waals surface area (Å²) in [5.74, 6) is 0. The molecule has 0 saturated carbocycles. The minimum atomic E-state index is -4.40. The number of benzene rings is 2. The van der Waals surface area contributed by atoms with Crippen molar-refractivity contribution in [3.63, 3.8) is 0 Å². The van der Waals surface area contributed by atoms with Gasteiger partial charge in [-0.25, -0.2) is 4.98 Å². The highest BCUT2D eigenvalue weighted by atomic mass is 79.9. The molecule has 0 bridgehead atoms. The highest BCUT2D eigenvalue weighted by Gasteiger charge is 2.33. The van der Waals surface area contributed by atoms with Gasteiger partial charge in [0.1, 0.15) is 0 Å². The maximum absolute atomic E-state index is 12.9. The Balaban J connectivity index is 1.94. The van der Waals surface area contributed by atoms with Gasteiger partial charge in [0.15, 0.2) is 5.13 Å². The van der Waals surface area contributed by atoms with E-state index in [1.165, 1.54) is 17.4 Å². The van der Waals surface area contributed by atoms with Crippen molar-refractivity contribution in [1.29, 1.82) is 0 Å². The molecular weight excluding hydrogens is 365 g/mol. The van der Waals surface area contributed by atoms with Gasteiger partial charge in [-0.3, -0.25) is 0 Å². The summed E-state index contributed by atoms with van der Waals surface area (Å²) in [7, 11) is 0. The lowest BCUT2D eigenvalue weighted by atomic mass is 10.2. The predicted molar refractivity (Wildman–Crippen MR) is 82.0 cm³/mol. The number of rotatable bonds is 2. The van der Waals surface area contributed by atoms with Crippen LogP contribution in [0, 0.1) is 0 Å². The standard InChI is InChI=1S/C14H8BrF3N2S/c15-10-6-5-8(7-9(10)14(16,17)18)19-13-20-11-3-1-2-4-12(11)21-13/h1-7H,(H,19,20). The first-order valence-corrected chi connectivity index (χ1v) is 7.54. The molecule has 2 nitrogen and oxygen atoms in total. The first-order chi connectivity index (χ1) is 9.93. The van der Waals surface area contributed by atoms with E-state index in [0.717, 1.165) is 16.3 Å². The molecule has 0 radical (unpaired) electrons. The zero-order valence-corrected chi connectivity index (χ0v) is 12.8. The summed E-state index contributed by atoms with van der Waals surface area (Å²) in [5.41, 5.74) is 0.455. The Morgan fingerprint density at radius 3 is 2.57 bits per heavy atom. The van der Waals surface area contributed by atoms with Crippen molar-refractivity contribution in [1.82, 2.24) is 4.98 Å². The molecule has 0 spiro atoms. The second kappa shape index (κ2) is 5.31. The monoisotopic (exact) mass is 372 g/mol. The molecule has 3 aromatic rings. The lowest BCUT2D eigenvalue weighted by Gasteiger charge is -2.11. The number of nitrogens with zero attached hydrogens (tertiary/aromatic N) is 1. The Bertz CT molecular complexity index is 765. The van der Waals surface area contributed by atoms with Crippen molar-refractivity contribution in [3.05, 3.63) is 52.5 Å². The van der Waals surface area contributed by atoms with Crippen molar-refractivity contribution in [3.8, 4) is 0 Å². The van der Waals surface area contributed by atoms with Gasteiger partial charge in [-0.15, -0.1) is 0 Å². The van der Waals surface area contributed by atoms with E-state index in [9.17, 15) is 13.2 Å². The largest absolute Gasteiger partial charge is 0.417 e. The lowest BCUT2D eigenvalue weighted by Crippen LogP contribution is -2.06. The third-order valence-corrected chi connectivity index (χ3v) is 4.46. The molecule has 7 heteroatoms. The van der Waals surface area contributed by atoms with E-state index in [-0.39, 0.29) is 4.47 Å². The highest BCUT2D eigenvalue weighted by molar-refractivity contribution is 9.10. The van der Waals surface area contributed by atoms with E-state index < -0.39 is 11.7 Å². The number of halogens is 4. The summed E-state index contributed by atoms with van der Waals surface area (Å²) in [5, 5.41) is 3.48. The number of thiazole rings is 1. The van der Waals surface area contributed by atoms with Crippen molar-refractivity contribution in [2.45, 2.75) is 6.18 Å². The zero-order valence-electron chi connectivity index (χ0n) is 10.4. The summed E-state index contributed by atoms with van der Waals surface area (Å²) in [6.45, 7) is 0. The molecule has 0 aliphatic heterocycles. The number of hydrogen-bond acceptors (Lipinski definition) is 3. The van der Waals surface area contributed by atoms with Crippen LogP contribution in [-0.4, -0.2) is 4.98 Å². The first kappa shape index (κ1) is 14.3. The average molecular weight is 373 g/mol. The van der Waals surface area contributed by atoms with Crippen LogP contribution in [-0.2, 0) is 6.18 Å². The number of alkyl halides is 3. The van der Waals surface area contributed by atoms with Crippen LogP contribution in [0.15, 0.2) is 46.9 Å². The van der Waals surface area contributed by atoms with Crippen molar-refractivity contribution in [2.24, 2.45) is 0 Å². The van der Waals surface area contributed by atoms with Crippen LogP contribution in [0.2, 0.25) is 0 Å². The Hall–Kier alpha value is -1.60. The summed E-state index contributed by atoms with van der Waals surface area (Å²) >= 11 is 4.31. The second-order valence-corrected chi connectivity index (χ2v) is 6.19. The molecule has 0 aliphatic carbocycles. The predicted octanol–water partition coefficient (Wildman–Crippen LogP) is 5.82. The lowest BCUT2D eigenvalue weighted by molar-refractivity contribution is -0.138. The van der Waals surface area contributed by atoms with E-state index in [1.54, 1.807) is 6.07 Å². The maximum Gasteiger partial charge on any atom is 0.417 e. The molecule has 0 saturated heterocycles. The molecule has 0 fully saturated rings. The SMILES string of the molecule is FC(F)(F)c1cc(Nc2nc3ccccc3s2)ccc1Br. The van der Waals surface area contributed by atoms with E-state index in [1.807, 2.05) is 24.3 Å². The first-order valence-electron chi connectivity index (χ1n) is 5.93. The van der Waals surface area contributed by atoms with Crippen LogP contribution in [0.3, 0.4) is 0 Å². The topological polar surface area (TPSA) is 24.9 Å². The van der Waals surface area contributed by atoms with Gasteiger partial charge in [0, 0.05) is 10.2 Å². The third kappa shape index (κ3) is 3.03. The van der Waals surface area contributed by atoms with Gasteiger partial charge in [0.2, 0.25) is 0 Å². The van der Waals surface area contributed by atoms with Crippen LogP contribution in [0.1, 0.15) is 5.56 Å². The van der Waals surface area contributed by atoms with Crippen LogP contribution in [0.4, 0.5) is 24.0 Å². The number of nitrogens with one attached hydrogen (secondary N) is 1. The number of fused-ring (bicyclic) bond motifs is 1. The molecule has 1 aromatic heterocycles. The molecule has 2 aromatic carbocycles. The van der Waals surface area contributed by atoms with Crippen molar-refractivity contribution < 1.29 is 13.2 Å². The molecule has 0 aliphatic rings. The number of anilines is 2. The Labute approximate surface area is 130 Å². The molecule has 0 unspecified atom stereocenters. The third-order valence-electron chi connectivity index (χ3n) is 2.82. The van der Waals surface area contributed by atoms with Gasteiger partial charge in [0.25, 0.3) is 0 Å². The van der Waals surface area contributed by atoms with Gasteiger partial charge < -0.3 is 5.32 Å². The molecule has 21 heavy (non-hydrogen) atoms. The van der Waals surface area contributed by atoms with Gasteiger partial charge in [-0.1, -0.05) is 39.4 Å². The smallest absolute Gasteiger partial charge is 0.332 e. The van der Waals surface area contributed by atoms with Crippen LogP contribution >= 0.6 is 27.3 Å². The quantitative estimate of drug-likeness (QED) is 0.612. The molecule has 108 valence electrons. The summed E-state index contributed by atoms with van der Waals surface area (Å²) in [6.07, 6.45) is -4.40. The Morgan fingerprint density at radius 1 is 1.10 bits per heavy atom. The summed E-state index contributed by atoms with van der Waals surface area (Å²) in [6, 6.07) is 11.6. The summed E-state index contributed by atoms with van der Waals surface area (Å²) in [4.78, 5) is 4.34. The van der Waals surface area contributed by atoms with Crippen molar-refractivity contribution in [2.75, 3.05) is 5.32 Å². The fourth-order valence-electron chi connectivity index (χ4n) is 1.87. The number of aromatic nitrogens is 1.